The highest BCUT2D eigenvalue weighted by molar-refractivity contribution is 7.09. The summed E-state index contributed by atoms with van der Waals surface area (Å²) < 4.78 is 0. The minimum Gasteiger partial charge on any atom is -0.368 e. The van der Waals surface area contributed by atoms with Gasteiger partial charge in [-0.1, -0.05) is 12.1 Å². The largest absolute Gasteiger partial charge is 0.368 e. The Bertz CT molecular complexity index is 717. The van der Waals surface area contributed by atoms with E-state index in [9.17, 15) is 4.79 Å². The Morgan fingerprint density at radius 3 is 2.58 bits per heavy atom. The van der Waals surface area contributed by atoms with E-state index >= 15 is 0 Å². The third-order valence-corrected chi connectivity index (χ3v) is 5.63. The quantitative estimate of drug-likeness (QED) is 0.854. The summed E-state index contributed by atoms with van der Waals surface area (Å²) in [6, 6.07) is 6.45. The van der Waals surface area contributed by atoms with Crippen molar-refractivity contribution in [1.29, 1.82) is 0 Å². The van der Waals surface area contributed by atoms with Gasteiger partial charge in [0.1, 0.15) is 0 Å². The molecule has 0 bridgehead atoms. The molecule has 0 spiro atoms. The van der Waals surface area contributed by atoms with Crippen LogP contribution in [0.1, 0.15) is 28.2 Å². The Morgan fingerprint density at radius 1 is 1.17 bits per heavy atom. The minimum atomic E-state index is 0.251. The molecule has 1 aliphatic heterocycles. The van der Waals surface area contributed by atoms with Gasteiger partial charge in [-0.25, -0.2) is 4.98 Å². The molecule has 1 aromatic carbocycles. The summed E-state index contributed by atoms with van der Waals surface area (Å²) in [5.41, 5.74) is 5.01. The fourth-order valence-electron chi connectivity index (χ4n) is 3.19. The van der Waals surface area contributed by atoms with Crippen molar-refractivity contribution in [3.63, 3.8) is 0 Å². The topological polar surface area (TPSA) is 36.4 Å². The molecule has 128 valence electrons. The number of hydrogen-bond acceptors (Lipinski definition) is 4. The number of amides is 1. The highest BCUT2D eigenvalue weighted by atomic mass is 32.1. The molecule has 2 aromatic rings. The first-order valence-corrected chi connectivity index (χ1v) is 9.42. The maximum Gasteiger partial charge on any atom is 0.223 e. The first-order chi connectivity index (χ1) is 11.5. The number of nitrogens with zero attached hydrogens (tertiary/aromatic N) is 3. The van der Waals surface area contributed by atoms with Crippen LogP contribution in [0.3, 0.4) is 0 Å². The smallest absolute Gasteiger partial charge is 0.223 e. The van der Waals surface area contributed by atoms with Gasteiger partial charge in [0.05, 0.1) is 10.7 Å². The van der Waals surface area contributed by atoms with Crippen LogP contribution in [-0.4, -0.2) is 42.0 Å². The highest BCUT2D eigenvalue weighted by Gasteiger charge is 2.22. The van der Waals surface area contributed by atoms with E-state index in [0.717, 1.165) is 43.3 Å². The van der Waals surface area contributed by atoms with Crippen LogP contribution < -0.4 is 4.90 Å². The van der Waals surface area contributed by atoms with E-state index in [-0.39, 0.29) is 5.91 Å². The molecule has 0 unspecified atom stereocenters. The predicted octanol–water partition coefficient (Wildman–Crippen LogP) is 3.35. The van der Waals surface area contributed by atoms with Crippen molar-refractivity contribution >= 4 is 22.9 Å². The molecule has 1 saturated heterocycles. The van der Waals surface area contributed by atoms with Gasteiger partial charge >= 0.3 is 0 Å². The van der Waals surface area contributed by atoms with Crippen LogP contribution in [0.4, 0.5) is 5.69 Å². The van der Waals surface area contributed by atoms with E-state index in [2.05, 4.69) is 47.3 Å². The SMILES string of the molecule is Cc1nc(CCC(=O)N2CCN(c3cccc(C)c3C)CC2)cs1. The number of anilines is 1. The van der Waals surface area contributed by atoms with Crippen LogP contribution in [0.5, 0.6) is 0 Å². The van der Waals surface area contributed by atoms with Crippen LogP contribution >= 0.6 is 11.3 Å². The van der Waals surface area contributed by atoms with E-state index in [1.54, 1.807) is 11.3 Å². The molecule has 0 aliphatic carbocycles. The Labute approximate surface area is 148 Å². The number of aryl methyl sites for hydroxylation is 3. The van der Waals surface area contributed by atoms with Crippen molar-refractivity contribution in [3.8, 4) is 0 Å². The second kappa shape index (κ2) is 7.34. The molecule has 0 radical (unpaired) electrons. The zero-order chi connectivity index (χ0) is 17.1. The number of benzene rings is 1. The standard InChI is InChI=1S/C19H25N3OS/c1-14-5-4-6-18(15(14)2)21-9-11-22(12-10-21)19(23)8-7-17-13-24-16(3)20-17/h4-6,13H,7-12H2,1-3H3. The first kappa shape index (κ1) is 17.0. The zero-order valence-corrected chi connectivity index (χ0v) is 15.5. The molecule has 24 heavy (non-hydrogen) atoms. The van der Waals surface area contributed by atoms with Gasteiger partial charge in [0.25, 0.3) is 0 Å². The van der Waals surface area contributed by atoms with Gasteiger partial charge in [0.2, 0.25) is 5.91 Å². The molecule has 0 N–H and O–H groups in total. The van der Waals surface area contributed by atoms with Gasteiger partial charge in [-0.15, -0.1) is 11.3 Å². The molecule has 1 amide bonds. The number of piperazine rings is 1. The maximum absolute atomic E-state index is 12.4. The average Bonchev–Trinajstić information content (AvgIpc) is 3.01. The molecule has 5 heteroatoms. The van der Waals surface area contributed by atoms with Crippen LogP contribution in [-0.2, 0) is 11.2 Å². The highest BCUT2D eigenvalue weighted by Crippen LogP contribution is 2.24. The van der Waals surface area contributed by atoms with Crippen LogP contribution in [0.15, 0.2) is 23.6 Å². The first-order valence-electron chi connectivity index (χ1n) is 8.54. The molecule has 1 fully saturated rings. The fraction of sp³-hybridized carbons (Fsp3) is 0.474. The molecule has 3 rings (SSSR count). The lowest BCUT2D eigenvalue weighted by molar-refractivity contribution is -0.131. The molecule has 2 heterocycles. The Balaban J connectivity index is 1.53. The Kier molecular flexibility index (Phi) is 5.19. The number of rotatable bonds is 4. The van der Waals surface area contributed by atoms with Crippen molar-refractivity contribution in [2.24, 2.45) is 0 Å². The summed E-state index contributed by atoms with van der Waals surface area (Å²) in [6.45, 7) is 9.77. The lowest BCUT2D eigenvalue weighted by Gasteiger charge is -2.37. The zero-order valence-electron chi connectivity index (χ0n) is 14.7. The molecular formula is C19H25N3OS. The predicted molar refractivity (Wildman–Crippen MR) is 99.9 cm³/mol. The van der Waals surface area contributed by atoms with Gasteiger partial charge in [0.15, 0.2) is 0 Å². The number of aromatic nitrogens is 1. The third kappa shape index (κ3) is 3.78. The van der Waals surface area contributed by atoms with Gasteiger partial charge in [-0.2, -0.15) is 0 Å². The second-order valence-corrected chi connectivity index (χ2v) is 7.51. The van der Waals surface area contributed by atoms with E-state index in [0.29, 0.717) is 6.42 Å². The van der Waals surface area contributed by atoms with Crippen molar-refractivity contribution in [2.45, 2.75) is 33.6 Å². The Hall–Kier alpha value is -1.88. The van der Waals surface area contributed by atoms with Crippen LogP contribution in [0, 0.1) is 20.8 Å². The van der Waals surface area contributed by atoms with Crippen molar-refractivity contribution in [1.82, 2.24) is 9.88 Å². The monoisotopic (exact) mass is 343 g/mol. The van der Waals surface area contributed by atoms with E-state index < -0.39 is 0 Å². The van der Waals surface area contributed by atoms with E-state index in [1.165, 1.54) is 16.8 Å². The van der Waals surface area contributed by atoms with Crippen LogP contribution in [0.2, 0.25) is 0 Å². The third-order valence-electron chi connectivity index (χ3n) is 4.81. The molecule has 1 aliphatic rings. The normalized spacial score (nSPS) is 15.0. The van der Waals surface area contributed by atoms with E-state index in [1.807, 2.05) is 11.8 Å². The van der Waals surface area contributed by atoms with Gasteiger partial charge in [-0.05, 0) is 44.4 Å². The summed E-state index contributed by atoms with van der Waals surface area (Å²) in [4.78, 5) is 21.3. The minimum absolute atomic E-state index is 0.251. The summed E-state index contributed by atoms with van der Waals surface area (Å²) in [6.07, 6.45) is 1.31. The van der Waals surface area contributed by atoms with Crippen molar-refractivity contribution in [2.75, 3.05) is 31.1 Å². The average molecular weight is 343 g/mol. The van der Waals surface area contributed by atoms with Gasteiger partial charge < -0.3 is 9.80 Å². The lowest BCUT2D eigenvalue weighted by atomic mass is 10.1. The number of carbonyl (C=O) groups excluding carboxylic acids is 1. The summed E-state index contributed by atoms with van der Waals surface area (Å²) >= 11 is 1.65. The molecule has 1 aromatic heterocycles. The van der Waals surface area contributed by atoms with Gasteiger partial charge in [-0.3, -0.25) is 4.79 Å². The Morgan fingerprint density at radius 2 is 1.92 bits per heavy atom. The number of carbonyl (C=O) groups is 1. The van der Waals surface area contributed by atoms with Gasteiger partial charge in [0, 0.05) is 43.7 Å². The molecule has 0 atom stereocenters. The summed E-state index contributed by atoms with van der Waals surface area (Å²) in [5.74, 6) is 0.251. The number of thiazole rings is 1. The maximum atomic E-state index is 12.4. The molecule has 0 saturated carbocycles. The lowest BCUT2D eigenvalue weighted by Crippen LogP contribution is -2.49. The fourth-order valence-corrected chi connectivity index (χ4v) is 3.84. The summed E-state index contributed by atoms with van der Waals surface area (Å²) in [5, 5.41) is 3.13. The van der Waals surface area contributed by atoms with Crippen molar-refractivity contribution < 1.29 is 4.79 Å². The molecule has 4 nitrogen and oxygen atoms in total. The second-order valence-electron chi connectivity index (χ2n) is 6.44. The number of hydrogen-bond donors (Lipinski definition) is 0. The van der Waals surface area contributed by atoms with E-state index in [4.69, 9.17) is 0 Å². The molecular weight excluding hydrogens is 318 g/mol. The van der Waals surface area contributed by atoms with Crippen LogP contribution in [0.25, 0.3) is 0 Å². The van der Waals surface area contributed by atoms with Crippen molar-refractivity contribution in [3.05, 3.63) is 45.4 Å². The summed E-state index contributed by atoms with van der Waals surface area (Å²) in [7, 11) is 0.